The van der Waals surface area contributed by atoms with Crippen molar-refractivity contribution in [3.05, 3.63) is 31.1 Å². The van der Waals surface area contributed by atoms with Gasteiger partial charge in [-0.25, -0.2) is 4.79 Å². The van der Waals surface area contributed by atoms with Gasteiger partial charge in [0, 0.05) is 17.8 Å². The zero-order valence-corrected chi connectivity index (χ0v) is 17.4. The second-order valence-corrected chi connectivity index (χ2v) is 8.78. The number of hydrogen-bond acceptors (Lipinski definition) is 4. The maximum atomic E-state index is 11.9. The third-order valence-corrected chi connectivity index (χ3v) is 7.48. The average molecular weight is 607 g/mol. The van der Waals surface area contributed by atoms with Crippen molar-refractivity contribution in [2.45, 2.75) is 5.25 Å². The predicted molar refractivity (Wildman–Crippen MR) is 94.0 cm³/mol. The molecular formula is C10H8Br3IO5S. The van der Waals surface area contributed by atoms with Crippen LogP contribution < -0.4 is 0 Å². The summed E-state index contributed by atoms with van der Waals surface area (Å²) in [7, 11) is -4.23. The Morgan fingerprint density at radius 3 is 2.45 bits per heavy atom. The van der Waals surface area contributed by atoms with Gasteiger partial charge in [-0.1, -0.05) is 38.5 Å². The third kappa shape index (κ3) is 5.20. The molecule has 10 heteroatoms. The van der Waals surface area contributed by atoms with E-state index >= 15 is 0 Å². The van der Waals surface area contributed by atoms with Crippen molar-refractivity contribution in [3.8, 4) is 0 Å². The van der Waals surface area contributed by atoms with Crippen LogP contribution in [0.15, 0.2) is 25.6 Å². The van der Waals surface area contributed by atoms with Crippen molar-refractivity contribution in [2.75, 3.05) is 11.0 Å². The number of alkyl halides is 1. The maximum Gasteiger partial charge on any atom is 0.339 e. The summed E-state index contributed by atoms with van der Waals surface area (Å²) >= 11 is 11.6. The summed E-state index contributed by atoms with van der Waals surface area (Å²) in [6, 6.07) is 3.29. The Balaban J connectivity index is 2.88. The molecule has 0 aliphatic rings. The topological polar surface area (TPSA) is 80.7 Å². The van der Waals surface area contributed by atoms with Gasteiger partial charge in [0.2, 0.25) is 0 Å². The first-order valence-electron chi connectivity index (χ1n) is 5.00. The largest absolute Gasteiger partial charge is 0.461 e. The van der Waals surface area contributed by atoms with Crippen LogP contribution in [-0.2, 0) is 14.9 Å². The molecule has 0 bridgehead atoms. The number of benzene rings is 1. The van der Waals surface area contributed by atoms with Crippen LogP contribution >= 0.6 is 70.4 Å². The Hall–Kier alpha value is 0.770. The summed E-state index contributed by atoms with van der Waals surface area (Å²) < 4.78 is 37.9. The second-order valence-electron chi connectivity index (χ2n) is 3.64. The Morgan fingerprint density at radius 1 is 1.35 bits per heavy atom. The fourth-order valence-electron chi connectivity index (χ4n) is 1.16. The van der Waals surface area contributed by atoms with E-state index in [1.54, 1.807) is 34.7 Å². The quantitative estimate of drug-likeness (QED) is 0.181. The molecule has 1 aromatic carbocycles. The van der Waals surface area contributed by atoms with Gasteiger partial charge in [-0.05, 0) is 44.0 Å². The van der Waals surface area contributed by atoms with Gasteiger partial charge in [0.25, 0.3) is 10.1 Å². The van der Waals surface area contributed by atoms with Crippen LogP contribution in [0, 0.1) is 0 Å². The highest BCUT2D eigenvalue weighted by Crippen LogP contribution is 2.31. The van der Waals surface area contributed by atoms with Gasteiger partial charge in [-0.15, -0.1) is 0 Å². The van der Waals surface area contributed by atoms with E-state index in [0.29, 0.717) is 13.4 Å². The molecule has 5 nitrogen and oxygen atoms in total. The lowest BCUT2D eigenvalue weighted by Gasteiger charge is -2.12. The van der Waals surface area contributed by atoms with Gasteiger partial charge in [0.15, 0.2) is 0 Å². The van der Waals surface area contributed by atoms with Crippen molar-refractivity contribution in [3.63, 3.8) is 0 Å². The molecule has 20 heavy (non-hydrogen) atoms. The molecule has 0 saturated heterocycles. The Kier molecular flexibility index (Phi) is 7.39. The smallest absolute Gasteiger partial charge is 0.339 e. The number of ether oxygens (including phenoxy) is 1. The summed E-state index contributed by atoms with van der Waals surface area (Å²) in [5, 5.41) is -1.14. The summed E-state index contributed by atoms with van der Waals surface area (Å²) in [5.41, 5.74) is 0.244. The summed E-state index contributed by atoms with van der Waals surface area (Å²) in [5.74, 6) is -0.683. The third-order valence-electron chi connectivity index (χ3n) is 2.21. The lowest BCUT2D eigenvalue weighted by Crippen LogP contribution is -2.29. The summed E-state index contributed by atoms with van der Waals surface area (Å²) in [6.45, 7) is -0.406. The van der Waals surface area contributed by atoms with E-state index in [2.05, 4.69) is 47.8 Å². The van der Waals surface area contributed by atoms with Gasteiger partial charge in [0.05, 0.1) is 5.56 Å². The van der Waals surface area contributed by atoms with Gasteiger partial charge in [-0.3, -0.25) is 4.55 Å². The predicted octanol–water partition coefficient (Wildman–Crippen LogP) is 3.82. The van der Waals surface area contributed by atoms with E-state index in [-0.39, 0.29) is 9.99 Å². The van der Waals surface area contributed by atoms with Crippen LogP contribution in [0.2, 0.25) is 0 Å². The molecule has 0 heterocycles. The van der Waals surface area contributed by atoms with Gasteiger partial charge >= 0.3 is 5.97 Å². The number of rotatable bonds is 5. The molecule has 0 radical (unpaired) electrons. The minimum atomic E-state index is -4.23. The minimum absolute atomic E-state index is 0.118. The van der Waals surface area contributed by atoms with Crippen LogP contribution in [-0.4, -0.2) is 35.2 Å². The van der Waals surface area contributed by atoms with Crippen molar-refractivity contribution < 1.29 is 22.5 Å². The number of hydrogen-bond donors (Lipinski definition) is 1. The normalized spacial score (nSPS) is 13.1. The second kappa shape index (κ2) is 7.86. The van der Waals surface area contributed by atoms with Crippen LogP contribution in [0.25, 0.3) is 0 Å². The summed E-state index contributed by atoms with van der Waals surface area (Å²) in [4.78, 5) is 11.9. The molecule has 0 amide bonds. The molecule has 1 rings (SSSR count). The maximum absolute atomic E-state index is 11.9. The fraction of sp³-hybridized carbons (Fsp3) is 0.300. The van der Waals surface area contributed by atoms with Gasteiger partial charge in [-0.2, -0.15) is 8.42 Å². The molecule has 0 fully saturated rings. The van der Waals surface area contributed by atoms with Crippen molar-refractivity contribution in [1.29, 1.82) is 0 Å². The van der Waals surface area contributed by atoms with E-state index < -0.39 is 27.9 Å². The number of carbonyl (C=O) groups is 1. The first-order chi connectivity index (χ1) is 9.16. The number of carbonyl (C=O) groups excluding carboxylic acids is 1. The monoisotopic (exact) mass is 604 g/mol. The van der Waals surface area contributed by atoms with Gasteiger partial charge < -0.3 is 4.74 Å². The van der Waals surface area contributed by atoms with Crippen molar-refractivity contribution in [1.82, 2.24) is 0 Å². The minimum Gasteiger partial charge on any atom is -0.461 e. The standard InChI is InChI=1S/C10H8Br3IO5S/c11-5-1-7(9(13)8(12)2-5)10(15)19-4-6(3-14)20(16,17)18/h1-2,6H,3-4H2,(H,16,17,18). The highest BCUT2D eigenvalue weighted by Gasteiger charge is 2.24. The lowest BCUT2D eigenvalue weighted by molar-refractivity contribution is 0.0507. The molecule has 0 aliphatic heterocycles. The van der Waals surface area contributed by atoms with Crippen LogP contribution in [0.5, 0.6) is 0 Å². The first kappa shape index (κ1) is 18.8. The first-order valence-corrected chi connectivity index (χ1v) is 10.4. The lowest BCUT2D eigenvalue weighted by atomic mass is 10.2. The van der Waals surface area contributed by atoms with Crippen LogP contribution in [0.1, 0.15) is 10.4 Å². The Labute approximate surface area is 155 Å². The van der Waals surface area contributed by atoms with Gasteiger partial charge in [0.1, 0.15) is 11.9 Å². The molecule has 1 unspecified atom stereocenters. The zero-order valence-electron chi connectivity index (χ0n) is 9.65. The highest BCUT2D eigenvalue weighted by molar-refractivity contribution is 14.1. The molecule has 1 atom stereocenters. The molecule has 112 valence electrons. The molecule has 0 spiro atoms. The van der Waals surface area contributed by atoms with Crippen LogP contribution in [0.3, 0.4) is 0 Å². The van der Waals surface area contributed by atoms with Crippen molar-refractivity contribution >= 4 is 86.5 Å². The molecule has 0 aliphatic carbocycles. The van der Waals surface area contributed by atoms with E-state index in [4.69, 9.17) is 9.29 Å². The Morgan fingerprint density at radius 2 is 1.95 bits per heavy atom. The average Bonchev–Trinajstić information content (AvgIpc) is 2.32. The SMILES string of the molecule is O=C(OCC(CI)S(=O)(=O)O)c1cc(Br)cc(Br)c1Br. The van der Waals surface area contributed by atoms with E-state index in [0.717, 1.165) is 0 Å². The fourth-order valence-corrected chi connectivity index (χ4v) is 4.79. The molecular weight excluding hydrogens is 599 g/mol. The zero-order chi connectivity index (χ0) is 15.5. The Bertz CT molecular complexity index is 620. The van der Waals surface area contributed by atoms with E-state index in [1.165, 1.54) is 0 Å². The summed E-state index contributed by atoms with van der Waals surface area (Å²) in [6.07, 6.45) is 0. The van der Waals surface area contributed by atoms with Crippen LogP contribution in [0.4, 0.5) is 0 Å². The molecule has 0 aromatic heterocycles. The molecule has 1 N–H and O–H groups in total. The number of esters is 1. The molecule has 0 saturated carbocycles. The van der Waals surface area contributed by atoms with Crippen molar-refractivity contribution in [2.24, 2.45) is 0 Å². The molecule has 1 aromatic rings. The number of halogens is 4. The van der Waals surface area contributed by atoms with E-state index in [1.807, 2.05) is 0 Å². The highest BCUT2D eigenvalue weighted by atomic mass is 127. The van der Waals surface area contributed by atoms with E-state index in [9.17, 15) is 13.2 Å².